The van der Waals surface area contributed by atoms with Gasteiger partial charge in [0.25, 0.3) is 5.91 Å². The fourth-order valence-corrected chi connectivity index (χ4v) is 5.70. The number of carbonyl (C=O) groups excluding carboxylic acids is 1. The molecule has 9 heteroatoms. The number of hydrogen-bond donors (Lipinski definition) is 2. The summed E-state index contributed by atoms with van der Waals surface area (Å²) < 4.78 is 45.8. The van der Waals surface area contributed by atoms with E-state index >= 15 is 0 Å². The summed E-state index contributed by atoms with van der Waals surface area (Å²) in [7, 11) is -2.49. The topological polar surface area (TPSA) is 103 Å². The first-order chi connectivity index (χ1) is 16.3. The average molecular weight is 491 g/mol. The van der Waals surface area contributed by atoms with Gasteiger partial charge >= 0.3 is 0 Å². The average Bonchev–Trinajstić information content (AvgIpc) is 2.82. The van der Waals surface area contributed by atoms with E-state index in [0.29, 0.717) is 30.4 Å². The number of hydrogen-bond acceptors (Lipinski definition) is 6. The predicted octanol–water partition coefficient (Wildman–Crippen LogP) is 4.60. The molecule has 34 heavy (non-hydrogen) atoms. The molecule has 8 nitrogen and oxygen atoms in total. The van der Waals surface area contributed by atoms with Crippen LogP contribution in [0.1, 0.15) is 56.8 Å². The van der Waals surface area contributed by atoms with Gasteiger partial charge < -0.3 is 19.5 Å². The molecule has 0 radical (unpaired) electrons. The Labute approximate surface area is 202 Å². The predicted molar refractivity (Wildman–Crippen MR) is 131 cm³/mol. The van der Waals surface area contributed by atoms with Crippen molar-refractivity contribution in [1.29, 1.82) is 0 Å². The van der Waals surface area contributed by atoms with Gasteiger partial charge in [-0.3, -0.25) is 4.79 Å². The van der Waals surface area contributed by atoms with Gasteiger partial charge in [-0.25, -0.2) is 13.1 Å². The fourth-order valence-electron chi connectivity index (χ4n) is 4.12. The third-order valence-corrected chi connectivity index (χ3v) is 7.45. The van der Waals surface area contributed by atoms with Crippen LogP contribution < -0.4 is 24.2 Å². The lowest BCUT2D eigenvalue weighted by Crippen LogP contribution is -2.41. The number of nitrogens with one attached hydrogen (secondary N) is 2. The lowest BCUT2D eigenvalue weighted by molar-refractivity contribution is 0.102. The summed E-state index contributed by atoms with van der Waals surface area (Å²) in [5.74, 6) is 1.04. The first-order valence-corrected chi connectivity index (χ1v) is 13.2. The van der Waals surface area contributed by atoms with Crippen LogP contribution in [0.15, 0.2) is 41.3 Å². The minimum absolute atomic E-state index is 0.0616. The lowest BCUT2D eigenvalue weighted by atomic mass is 9.87. The first-order valence-electron chi connectivity index (χ1n) is 11.7. The number of benzene rings is 2. The highest BCUT2D eigenvalue weighted by Crippen LogP contribution is 2.32. The summed E-state index contributed by atoms with van der Waals surface area (Å²) in [5.41, 5.74) is 0.620. The zero-order valence-corrected chi connectivity index (χ0v) is 21.0. The molecule has 2 N–H and O–H groups in total. The second kappa shape index (κ2) is 11.6. The molecule has 2 atom stereocenters. The maximum absolute atomic E-state index is 13.3. The van der Waals surface area contributed by atoms with Crippen LogP contribution in [0, 0.1) is 5.92 Å². The van der Waals surface area contributed by atoms with E-state index in [4.69, 9.17) is 14.2 Å². The van der Waals surface area contributed by atoms with Crippen molar-refractivity contribution in [3.8, 4) is 17.2 Å². The van der Waals surface area contributed by atoms with Crippen molar-refractivity contribution < 1.29 is 27.4 Å². The van der Waals surface area contributed by atoms with Gasteiger partial charge in [-0.1, -0.05) is 19.8 Å². The second-order valence-corrected chi connectivity index (χ2v) is 10.0. The maximum atomic E-state index is 13.3. The Morgan fingerprint density at radius 1 is 1.00 bits per heavy atom. The van der Waals surface area contributed by atoms with E-state index in [0.717, 1.165) is 25.7 Å². The summed E-state index contributed by atoms with van der Waals surface area (Å²) in [4.78, 5) is 13.0. The normalized spacial score (nSPS) is 18.2. The monoisotopic (exact) mass is 490 g/mol. The van der Waals surface area contributed by atoms with Crippen molar-refractivity contribution in [2.24, 2.45) is 5.92 Å². The molecule has 0 aromatic heterocycles. The van der Waals surface area contributed by atoms with Crippen LogP contribution in [-0.4, -0.2) is 40.7 Å². The lowest BCUT2D eigenvalue weighted by Gasteiger charge is -2.29. The molecule has 2 aromatic carbocycles. The van der Waals surface area contributed by atoms with Crippen molar-refractivity contribution in [3.63, 3.8) is 0 Å². The van der Waals surface area contributed by atoms with Gasteiger partial charge in [-0.15, -0.1) is 0 Å². The molecular formula is C25H34N2O6S. The zero-order chi connectivity index (χ0) is 24.7. The quantitative estimate of drug-likeness (QED) is 0.505. The highest BCUT2D eigenvalue weighted by Gasteiger charge is 2.29. The third-order valence-electron chi connectivity index (χ3n) is 5.94. The highest BCUT2D eigenvalue weighted by atomic mass is 32.2. The van der Waals surface area contributed by atoms with E-state index in [2.05, 4.69) is 17.0 Å². The van der Waals surface area contributed by atoms with Crippen LogP contribution in [0.25, 0.3) is 0 Å². The number of amides is 1. The van der Waals surface area contributed by atoms with Crippen LogP contribution in [0.3, 0.4) is 0 Å². The maximum Gasteiger partial charge on any atom is 0.255 e. The number of rotatable bonds is 10. The van der Waals surface area contributed by atoms with E-state index in [1.807, 2.05) is 13.8 Å². The van der Waals surface area contributed by atoms with Crippen LogP contribution in [0.5, 0.6) is 17.2 Å². The molecule has 1 fully saturated rings. The summed E-state index contributed by atoms with van der Waals surface area (Å²) in [5, 5.41) is 2.82. The number of carbonyl (C=O) groups is 1. The molecule has 1 amide bonds. The van der Waals surface area contributed by atoms with E-state index in [1.54, 1.807) is 18.2 Å². The Kier molecular flexibility index (Phi) is 8.79. The minimum Gasteiger partial charge on any atom is -0.495 e. The molecule has 3 rings (SSSR count). The van der Waals surface area contributed by atoms with Crippen molar-refractivity contribution in [2.45, 2.75) is 57.4 Å². The van der Waals surface area contributed by atoms with Crippen molar-refractivity contribution >= 4 is 21.6 Å². The number of sulfonamides is 1. The molecule has 0 spiro atoms. The molecule has 2 unspecified atom stereocenters. The molecule has 186 valence electrons. The van der Waals surface area contributed by atoms with E-state index in [-0.39, 0.29) is 28.2 Å². The van der Waals surface area contributed by atoms with E-state index in [9.17, 15) is 13.2 Å². The summed E-state index contributed by atoms with van der Waals surface area (Å²) in [6.45, 7) is 6.68. The van der Waals surface area contributed by atoms with Gasteiger partial charge in [0.2, 0.25) is 10.0 Å². The summed E-state index contributed by atoms with van der Waals surface area (Å²) in [6.07, 6.45) is 3.86. The number of methoxy groups -OCH3 is 1. The van der Waals surface area contributed by atoms with Crippen molar-refractivity contribution in [2.75, 3.05) is 25.6 Å². The fraction of sp³-hybridized carbons (Fsp3) is 0.480. The molecule has 0 saturated heterocycles. The molecule has 1 aliphatic rings. The van der Waals surface area contributed by atoms with Crippen LogP contribution >= 0.6 is 0 Å². The van der Waals surface area contributed by atoms with Gasteiger partial charge in [0.15, 0.2) is 0 Å². The molecule has 0 aliphatic heterocycles. The zero-order valence-electron chi connectivity index (χ0n) is 20.2. The summed E-state index contributed by atoms with van der Waals surface area (Å²) in [6, 6.07) is 9.40. The van der Waals surface area contributed by atoms with Gasteiger partial charge in [0, 0.05) is 17.7 Å². The van der Waals surface area contributed by atoms with Crippen molar-refractivity contribution in [1.82, 2.24) is 4.72 Å². The van der Waals surface area contributed by atoms with Gasteiger partial charge in [0.1, 0.15) is 22.1 Å². The molecular weight excluding hydrogens is 456 g/mol. The standard InChI is InChI=1S/C25H34N2O6S/c1-5-32-19-12-14-22(33-6-2)21(16-19)26-25(28)18-11-13-23(31-4)24(15-18)34(29,30)27-20-10-8-7-9-17(20)3/h11-17,20,27H,5-10H2,1-4H3,(H,26,28). The third kappa shape index (κ3) is 6.21. The van der Waals surface area contributed by atoms with E-state index < -0.39 is 15.9 Å². The molecule has 0 heterocycles. The highest BCUT2D eigenvalue weighted by molar-refractivity contribution is 7.89. The Morgan fingerprint density at radius 2 is 1.71 bits per heavy atom. The first kappa shape index (κ1) is 25.8. The van der Waals surface area contributed by atoms with Gasteiger partial charge in [0.05, 0.1) is 26.0 Å². The Balaban J connectivity index is 1.89. The molecule has 2 aromatic rings. The second-order valence-electron chi connectivity index (χ2n) is 8.33. The molecule has 0 bridgehead atoms. The van der Waals surface area contributed by atoms with Gasteiger partial charge in [-0.05, 0) is 62.9 Å². The number of ether oxygens (including phenoxy) is 3. The summed E-state index contributed by atoms with van der Waals surface area (Å²) >= 11 is 0. The van der Waals surface area contributed by atoms with Crippen LogP contribution in [0.2, 0.25) is 0 Å². The van der Waals surface area contributed by atoms with E-state index in [1.165, 1.54) is 25.3 Å². The smallest absolute Gasteiger partial charge is 0.255 e. The number of anilines is 1. The minimum atomic E-state index is -3.89. The SMILES string of the molecule is CCOc1ccc(OCC)c(NC(=O)c2ccc(OC)c(S(=O)(=O)NC3CCCCC3C)c2)c1. The van der Waals surface area contributed by atoms with Crippen LogP contribution in [-0.2, 0) is 10.0 Å². The van der Waals surface area contributed by atoms with Crippen molar-refractivity contribution in [3.05, 3.63) is 42.0 Å². The largest absolute Gasteiger partial charge is 0.495 e. The van der Waals surface area contributed by atoms with Gasteiger partial charge in [-0.2, -0.15) is 0 Å². The van der Waals surface area contributed by atoms with Crippen LogP contribution in [0.4, 0.5) is 5.69 Å². The Hall–Kier alpha value is -2.78. The Bertz CT molecular complexity index is 1100. The Morgan fingerprint density at radius 3 is 2.38 bits per heavy atom. The molecule has 1 aliphatic carbocycles. The molecule has 1 saturated carbocycles.